The van der Waals surface area contributed by atoms with E-state index in [9.17, 15) is 9.59 Å². The summed E-state index contributed by atoms with van der Waals surface area (Å²) < 4.78 is 0. The molecule has 0 aliphatic carbocycles. The number of carboxylic acids is 1. The van der Waals surface area contributed by atoms with Crippen LogP contribution in [0.25, 0.3) is 0 Å². The lowest BCUT2D eigenvalue weighted by molar-refractivity contribution is -0.137. The molecule has 0 unspecified atom stereocenters. The highest BCUT2D eigenvalue weighted by atomic mass is 16.4. The Kier molecular flexibility index (Phi) is 6.84. The number of amides is 1. The van der Waals surface area contributed by atoms with Crippen LogP contribution in [0.3, 0.4) is 0 Å². The van der Waals surface area contributed by atoms with Gasteiger partial charge < -0.3 is 15.3 Å². The van der Waals surface area contributed by atoms with E-state index in [1.54, 1.807) is 12.3 Å². The molecule has 2 rings (SSSR count). The Labute approximate surface area is 136 Å². The number of hydrogen-bond donors (Lipinski definition) is 2. The van der Waals surface area contributed by atoms with Gasteiger partial charge in [-0.3, -0.25) is 9.59 Å². The molecule has 126 valence electrons. The maximum absolute atomic E-state index is 12.0. The fraction of sp³-hybridized carbons (Fsp3) is 0.588. The molecule has 6 heteroatoms. The van der Waals surface area contributed by atoms with E-state index in [0.717, 1.165) is 18.9 Å². The Morgan fingerprint density at radius 3 is 2.48 bits per heavy atom. The van der Waals surface area contributed by atoms with Crippen molar-refractivity contribution in [1.82, 2.24) is 10.3 Å². The molecular weight excluding hydrogens is 294 g/mol. The summed E-state index contributed by atoms with van der Waals surface area (Å²) >= 11 is 0. The fourth-order valence-electron chi connectivity index (χ4n) is 2.71. The van der Waals surface area contributed by atoms with Crippen LogP contribution in [0.15, 0.2) is 18.3 Å². The summed E-state index contributed by atoms with van der Waals surface area (Å²) in [6.07, 6.45) is 7.94. The maximum Gasteiger partial charge on any atom is 0.303 e. The number of hydrogen-bond acceptors (Lipinski definition) is 4. The third-order valence-electron chi connectivity index (χ3n) is 4.04. The molecule has 2 N–H and O–H groups in total. The number of anilines is 1. The van der Waals surface area contributed by atoms with E-state index in [2.05, 4.69) is 15.2 Å². The number of nitrogens with zero attached hydrogens (tertiary/aromatic N) is 2. The first-order chi connectivity index (χ1) is 11.2. The first-order valence-corrected chi connectivity index (χ1v) is 8.38. The van der Waals surface area contributed by atoms with E-state index in [0.29, 0.717) is 24.9 Å². The molecule has 0 saturated carbocycles. The zero-order valence-corrected chi connectivity index (χ0v) is 13.5. The summed E-state index contributed by atoms with van der Waals surface area (Å²) in [6, 6.07) is 3.71. The van der Waals surface area contributed by atoms with E-state index in [4.69, 9.17) is 5.11 Å². The molecule has 1 aromatic rings. The smallest absolute Gasteiger partial charge is 0.303 e. The Balaban J connectivity index is 1.79. The summed E-state index contributed by atoms with van der Waals surface area (Å²) in [7, 11) is 0. The third-order valence-corrected chi connectivity index (χ3v) is 4.04. The van der Waals surface area contributed by atoms with Crippen molar-refractivity contribution in [3.8, 4) is 0 Å². The summed E-state index contributed by atoms with van der Waals surface area (Å²) in [5.41, 5.74) is 0.543. The number of aliphatic carboxylic acids is 1. The van der Waals surface area contributed by atoms with Crippen molar-refractivity contribution < 1.29 is 14.7 Å². The largest absolute Gasteiger partial charge is 0.481 e. The van der Waals surface area contributed by atoms with Crippen molar-refractivity contribution in [1.29, 1.82) is 0 Å². The SMILES string of the molecule is O=C(O)CCCCNC(=O)c1ccc(N2CCCCCC2)nc1. The lowest BCUT2D eigenvalue weighted by Gasteiger charge is -2.21. The minimum atomic E-state index is -0.801. The van der Waals surface area contributed by atoms with Gasteiger partial charge in [-0.15, -0.1) is 0 Å². The van der Waals surface area contributed by atoms with Gasteiger partial charge in [-0.2, -0.15) is 0 Å². The van der Waals surface area contributed by atoms with Gasteiger partial charge in [0.25, 0.3) is 5.91 Å². The second kappa shape index (κ2) is 9.12. The number of aromatic nitrogens is 1. The Morgan fingerprint density at radius 2 is 1.87 bits per heavy atom. The van der Waals surface area contributed by atoms with Gasteiger partial charge in [0.15, 0.2) is 0 Å². The first-order valence-electron chi connectivity index (χ1n) is 8.38. The van der Waals surface area contributed by atoms with E-state index >= 15 is 0 Å². The van der Waals surface area contributed by atoms with E-state index < -0.39 is 5.97 Å². The van der Waals surface area contributed by atoms with Crippen molar-refractivity contribution in [3.05, 3.63) is 23.9 Å². The van der Waals surface area contributed by atoms with Gasteiger partial charge >= 0.3 is 5.97 Å². The van der Waals surface area contributed by atoms with Gasteiger partial charge in [0, 0.05) is 32.3 Å². The van der Waals surface area contributed by atoms with Crippen molar-refractivity contribution in [2.45, 2.75) is 44.9 Å². The van der Waals surface area contributed by atoms with Crippen LogP contribution >= 0.6 is 0 Å². The lowest BCUT2D eigenvalue weighted by Crippen LogP contribution is -2.26. The number of rotatable bonds is 7. The molecule has 0 radical (unpaired) electrons. The van der Waals surface area contributed by atoms with Crippen molar-refractivity contribution in [2.75, 3.05) is 24.5 Å². The van der Waals surface area contributed by atoms with Gasteiger partial charge in [-0.1, -0.05) is 12.8 Å². The molecule has 1 aliphatic heterocycles. The van der Waals surface area contributed by atoms with Crippen LogP contribution in [0, 0.1) is 0 Å². The van der Waals surface area contributed by atoms with Gasteiger partial charge in [-0.25, -0.2) is 4.98 Å². The normalized spacial score (nSPS) is 15.0. The second-order valence-electron chi connectivity index (χ2n) is 5.91. The van der Waals surface area contributed by atoms with Crippen LogP contribution in [0.2, 0.25) is 0 Å². The minimum Gasteiger partial charge on any atom is -0.481 e. The van der Waals surface area contributed by atoms with Crippen LogP contribution in [0.1, 0.15) is 55.3 Å². The predicted octanol–water partition coefficient (Wildman–Crippen LogP) is 2.45. The third kappa shape index (κ3) is 5.88. The number of carbonyl (C=O) groups excluding carboxylic acids is 1. The lowest BCUT2D eigenvalue weighted by atomic mass is 10.2. The van der Waals surface area contributed by atoms with Gasteiger partial charge in [0.1, 0.15) is 5.82 Å². The molecule has 1 saturated heterocycles. The number of carbonyl (C=O) groups is 2. The van der Waals surface area contributed by atoms with Gasteiger partial charge in [0.2, 0.25) is 0 Å². The highest BCUT2D eigenvalue weighted by molar-refractivity contribution is 5.94. The molecule has 0 spiro atoms. The molecule has 1 aliphatic rings. The van der Waals surface area contributed by atoms with E-state index in [1.807, 2.05) is 6.07 Å². The van der Waals surface area contributed by atoms with Crippen LogP contribution in [-0.4, -0.2) is 41.6 Å². The highest BCUT2D eigenvalue weighted by Gasteiger charge is 2.12. The number of nitrogens with one attached hydrogen (secondary N) is 1. The molecule has 1 fully saturated rings. The average Bonchev–Trinajstić information content (AvgIpc) is 2.83. The molecule has 1 aromatic heterocycles. The summed E-state index contributed by atoms with van der Waals surface area (Å²) in [5, 5.41) is 11.3. The van der Waals surface area contributed by atoms with E-state index in [-0.39, 0.29) is 12.3 Å². The molecule has 2 heterocycles. The standard InChI is InChI=1S/C17H25N3O3/c21-16(22)7-3-4-10-18-17(23)14-8-9-15(19-13-14)20-11-5-1-2-6-12-20/h8-9,13H,1-7,10-12H2,(H,18,23)(H,21,22). The topological polar surface area (TPSA) is 82.5 Å². The van der Waals surface area contributed by atoms with Crippen molar-refractivity contribution in [2.24, 2.45) is 0 Å². The highest BCUT2D eigenvalue weighted by Crippen LogP contribution is 2.17. The average molecular weight is 319 g/mol. The van der Waals surface area contributed by atoms with Crippen LogP contribution in [0.4, 0.5) is 5.82 Å². The molecule has 6 nitrogen and oxygen atoms in total. The summed E-state index contributed by atoms with van der Waals surface area (Å²) in [6.45, 7) is 2.55. The van der Waals surface area contributed by atoms with Crippen LogP contribution < -0.4 is 10.2 Å². The summed E-state index contributed by atoms with van der Waals surface area (Å²) in [4.78, 5) is 29.1. The zero-order valence-electron chi connectivity index (χ0n) is 13.5. The fourth-order valence-corrected chi connectivity index (χ4v) is 2.71. The molecule has 0 bridgehead atoms. The van der Waals surface area contributed by atoms with Crippen LogP contribution in [0.5, 0.6) is 0 Å². The first kappa shape index (κ1) is 17.2. The number of carboxylic acid groups (broad SMARTS) is 1. The molecule has 0 atom stereocenters. The van der Waals surface area contributed by atoms with Gasteiger partial charge in [0.05, 0.1) is 5.56 Å². The quantitative estimate of drug-likeness (QED) is 0.754. The van der Waals surface area contributed by atoms with Crippen molar-refractivity contribution >= 4 is 17.7 Å². The van der Waals surface area contributed by atoms with Crippen molar-refractivity contribution in [3.63, 3.8) is 0 Å². The van der Waals surface area contributed by atoms with Crippen LogP contribution in [-0.2, 0) is 4.79 Å². The Morgan fingerprint density at radius 1 is 1.13 bits per heavy atom. The molecular formula is C17H25N3O3. The number of pyridine rings is 1. The zero-order chi connectivity index (χ0) is 16.5. The Bertz CT molecular complexity index is 508. The summed E-state index contributed by atoms with van der Waals surface area (Å²) in [5.74, 6) is -0.0234. The molecule has 1 amide bonds. The predicted molar refractivity (Wildman–Crippen MR) is 88.7 cm³/mol. The van der Waals surface area contributed by atoms with E-state index in [1.165, 1.54) is 25.7 Å². The second-order valence-corrected chi connectivity index (χ2v) is 5.91. The van der Waals surface area contributed by atoms with Gasteiger partial charge in [-0.05, 0) is 37.8 Å². The molecule has 0 aromatic carbocycles. The minimum absolute atomic E-state index is 0.141. The maximum atomic E-state index is 12.0. The Hall–Kier alpha value is -2.11. The monoisotopic (exact) mass is 319 g/mol. The number of unbranched alkanes of at least 4 members (excludes halogenated alkanes) is 1. The molecule has 23 heavy (non-hydrogen) atoms.